The van der Waals surface area contributed by atoms with Crippen LogP contribution < -0.4 is 5.32 Å². The van der Waals surface area contributed by atoms with Gasteiger partial charge < -0.3 is 10.4 Å². The first-order valence-corrected chi connectivity index (χ1v) is 7.16. The van der Waals surface area contributed by atoms with Crippen LogP contribution in [0.3, 0.4) is 0 Å². The highest BCUT2D eigenvalue weighted by Crippen LogP contribution is 2.23. The second kappa shape index (κ2) is 5.85. The molecule has 0 radical (unpaired) electrons. The number of amides is 1. The molecular weight excluding hydrogens is 258 g/mol. The minimum atomic E-state index is -0.430. The van der Waals surface area contributed by atoms with E-state index in [4.69, 9.17) is 11.6 Å². The lowest BCUT2D eigenvalue weighted by atomic mass is 10.1. The van der Waals surface area contributed by atoms with Crippen LogP contribution in [-0.2, 0) is 0 Å². The summed E-state index contributed by atoms with van der Waals surface area (Å²) in [7, 11) is 0. The van der Waals surface area contributed by atoms with Crippen molar-refractivity contribution in [3.8, 4) is 0 Å². The number of halogens is 1. The Bertz CT molecular complexity index is 394. The first-order valence-electron chi connectivity index (χ1n) is 5.90. The van der Waals surface area contributed by atoms with Crippen molar-refractivity contribution < 1.29 is 9.90 Å². The van der Waals surface area contributed by atoms with E-state index in [1.54, 1.807) is 11.4 Å². The van der Waals surface area contributed by atoms with Crippen molar-refractivity contribution in [3.63, 3.8) is 0 Å². The highest BCUT2D eigenvalue weighted by atomic mass is 35.5. The van der Waals surface area contributed by atoms with Gasteiger partial charge in [-0.3, -0.25) is 4.79 Å². The summed E-state index contributed by atoms with van der Waals surface area (Å²) in [6, 6.07) is 1.58. The largest absolute Gasteiger partial charge is 0.391 e. The van der Waals surface area contributed by atoms with Crippen LogP contribution in [0.25, 0.3) is 0 Å². The highest BCUT2D eigenvalue weighted by molar-refractivity contribution is 7.12. The van der Waals surface area contributed by atoms with Gasteiger partial charge in [-0.15, -0.1) is 11.3 Å². The van der Waals surface area contributed by atoms with Gasteiger partial charge >= 0.3 is 0 Å². The summed E-state index contributed by atoms with van der Waals surface area (Å²) in [4.78, 5) is 12.5. The number of hydrogen-bond donors (Lipinski definition) is 2. The van der Waals surface area contributed by atoms with Crippen molar-refractivity contribution in [2.24, 2.45) is 0 Å². The van der Waals surface area contributed by atoms with Crippen LogP contribution in [0.4, 0.5) is 0 Å². The van der Waals surface area contributed by atoms with Crippen LogP contribution in [-0.4, -0.2) is 23.2 Å². The monoisotopic (exact) mass is 273 g/mol. The van der Waals surface area contributed by atoms with Crippen LogP contribution >= 0.6 is 22.9 Å². The van der Waals surface area contributed by atoms with Gasteiger partial charge in [0.2, 0.25) is 0 Å². The van der Waals surface area contributed by atoms with E-state index in [1.807, 2.05) is 0 Å². The second-order valence-corrected chi connectivity index (χ2v) is 5.71. The lowest BCUT2D eigenvalue weighted by Crippen LogP contribution is -2.42. The molecule has 0 aliphatic heterocycles. The molecule has 1 aromatic heterocycles. The third-order valence-electron chi connectivity index (χ3n) is 3.12. The topological polar surface area (TPSA) is 49.3 Å². The Morgan fingerprint density at radius 1 is 1.41 bits per heavy atom. The zero-order valence-corrected chi connectivity index (χ0v) is 11.1. The molecule has 1 aliphatic rings. The Balaban J connectivity index is 2.00. The molecule has 1 aromatic rings. The summed E-state index contributed by atoms with van der Waals surface area (Å²) in [5.74, 6) is -0.170. The maximum atomic E-state index is 12.0. The Kier molecular flexibility index (Phi) is 4.42. The molecule has 2 rings (SSSR count). The van der Waals surface area contributed by atoms with Gasteiger partial charge in [-0.25, -0.2) is 0 Å². The van der Waals surface area contributed by atoms with Gasteiger partial charge in [0.25, 0.3) is 5.91 Å². The van der Waals surface area contributed by atoms with Crippen LogP contribution in [0.5, 0.6) is 0 Å². The van der Waals surface area contributed by atoms with Gasteiger partial charge in [0.15, 0.2) is 0 Å². The Hall–Kier alpha value is -0.580. The molecule has 0 saturated heterocycles. The average molecular weight is 274 g/mol. The molecule has 0 spiro atoms. The fourth-order valence-corrected chi connectivity index (χ4v) is 3.19. The van der Waals surface area contributed by atoms with Crippen LogP contribution in [0.15, 0.2) is 11.4 Å². The molecule has 1 amide bonds. The summed E-state index contributed by atoms with van der Waals surface area (Å²) in [5, 5.41) is 15.1. The standard InChI is InChI=1S/C12H16ClNO2S/c13-8-6-7-17-11(8)12(16)14-9-4-2-1-3-5-10(9)15/h6-7,9-10,15H,1-5H2,(H,14,16). The number of hydrogen-bond acceptors (Lipinski definition) is 3. The normalized spacial score (nSPS) is 25.3. The SMILES string of the molecule is O=C(NC1CCCCCC1O)c1sccc1Cl. The lowest BCUT2D eigenvalue weighted by Gasteiger charge is -2.21. The molecule has 1 aliphatic carbocycles. The first kappa shape index (κ1) is 12.9. The number of rotatable bonds is 2. The van der Waals surface area contributed by atoms with Crippen LogP contribution in [0, 0.1) is 0 Å². The predicted octanol–water partition coefficient (Wildman–Crippen LogP) is 2.82. The molecule has 0 bridgehead atoms. The molecular formula is C12H16ClNO2S. The number of carbonyl (C=O) groups excluding carboxylic acids is 1. The number of nitrogens with one attached hydrogen (secondary N) is 1. The average Bonchev–Trinajstić information content (AvgIpc) is 2.63. The highest BCUT2D eigenvalue weighted by Gasteiger charge is 2.24. The van der Waals surface area contributed by atoms with E-state index in [-0.39, 0.29) is 11.9 Å². The van der Waals surface area contributed by atoms with Crippen LogP contribution in [0.1, 0.15) is 41.8 Å². The van der Waals surface area contributed by atoms with Crippen molar-refractivity contribution in [1.29, 1.82) is 0 Å². The van der Waals surface area contributed by atoms with Crippen molar-refractivity contribution in [1.82, 2.24) is 5.32 Å². The summed E-state index contributed by atoms with van der Waals surface area (Å²) in [5.41, 5.74) is 0. The molecule has 1 heterocycles. The van der Waals surface area contributed by atoms with E-state index >= 15 is 0 Å². The summed E-state index contributed by atoms with van der Waals surface area (Å²) >= 11 is 7.24. The fourth-order valence-electron chi connectivity index (χ4n) is 2.15. The van der Waals surface area contributed by atoms with Crippen molar-refractivity contribution in [2.45, 2.75) is 44.2 Å². The molecule has 1 saturated carbocycles. The fraction of sp³-hybridized carbons (Fsp3) is 0.583. The van der Waals surface area contributed by atoms with E-state index in [0.29, 0.717) is 9.90 Å². The summed E-state index contributed by atoms with van der Waals surface area (Å²) in [6.45, 7) is 0. The minimum Gasteiger partial charge on any atom is -0.391 e. The number of carbonyl (C=O) groups is 1. The van der Waals surface area contributed by atoms with Gasteiger partial charge in [0.1, 0.15) is 4.88 Å². The van der Waals surface area contributed by atoms with E-state index in [0.717, 1.165) is 32.1 Å². The zero-order chi connectivity index (χ0) is 12.3. The molecule has 1 fully saturated rings. The molecule has 5 heteroatoms. The summed E-state index contributed by atoms with van der Waals surface area (Å²) in [6.07, 6.45) is 4.40. The van der Waals surface area contributed by atoms with Gasteiger partial charge in [-0.05, 0) is 24.3 Å². The molecule has 0 aromatic carbocycles. The molecule has 94 valence electrons. The maximum absolute atomic E-state index is 12.0. The molecule has 17 heavy (non-hydrogen) atoms. The number of thiophene rings is 1. The van der Waals surface area contributed by atoms with E-state index in [9.17, 15) is 9.90 Å². The predicted molar refractivity (Wildman–Crippen MR) is 69.7 cm³/mol. The molecule has 3 nitrogen and oxygen atoms in total. The number of aliphatic hydroxyl groups excluding tert-OH is 1. The van der Waals surface area contributed by atoms with Crippen LogP contribution in [0.2, 0.25) is 5.02 Å². The van der Waals surface area contributed by atoms with Gasteiger partial charge in [0.05, 0.1) is 17.2 Å². The summed E-state index contributed by atoms with van der Waals surface area (Å²) < 4.78 is 0. The quantitative estimate of drug-likeness (QED) is 0.814. The van der Waals surface area contributed by atoms with E-state index < -0.39 is 6.10 Å². The third-order valence-corrected chi connectivity index (χ3v) is 4.46. The zero-order valence-electron chi connectivity index (χ0n) is 9.49. The molecule has 2 unspecified atom stereocenters. The Labute approximate surface area is 110 Å². The molecule has 2 atom stereocenters. The van der Waals surface area contributed by atoms with E-state index in [1.165, 1.54) is 11.3 Å². The van der Waals surface area contributed by atoms with Crippen molar-refractivity contribution >= 4 is 28.8 Å². The van der Waals surface area contributed by atoms with Crippen molar-refractivity contribution in [3.05, 3.63) is 21.3 Å². The Morgan fingerprint density at radius 2 is 2.18 bits per heavy atom. The Morgan fingerprint density at radius 3 is 2.88 bits per heavy atom. The second-order valence-electron chi connectivity index (χ2n) is 4.38. The molecule has 2 N–H and O–H groups in total. The van der Waals surface area contributed by atoms with Gasteiger partial charge in [-0.2, -0.15) is 0 Å². The smallest absolute Gasteiger partial charge is 0.263 e. The minimum absolute atomic E-state index is 0.136. The third kappa shape index (κ3) is 3.21. The maximum Gasteiger partial charge on any atom is 0.263 e. The lowest BCUT2D eigenvalue weighted by molar-refractivity contribution is 0.0822. The first-order chi connectivity index (χ1) is 8.18. The van der Waals surface area contributed by atoms with Gasteiger partial charge in [0, 0.05) is 0 Å². The van der Waals surface area contributed by atoms with Crippen molar-refractivity contribution in [2.75, 3.05) is 0 Å². The van der Waals surface area contributed by atoms with E-state index in [2.05, 4.69) is 5.32 Å². The number of aliphatic hydroxyl groups is 1. The van der Waals surface area contributed by atoms with Gasteiger partial charge in [-0.1, -0.05) is 30.9 Å².